The van der Waals surface area contributed by atoms with Crippen LogP contribution in [0.5, 0.6) is 0 Å². The van der Waals surface area contributed by atoms with Crippen molar-refractivity contribution < 1.29 is 9.59 Å². The van der Waals surface area contributed by atoms with Crippen LogP contribution in [-0.4, -0.2) is 67.0 Å². The lowest BCUT2D eigenvalue weighted by Crippen LogP contribution is -2.53. The minimum absolute atomic E-state index is 0.0161. The average Bonchev–Trinajstić information content (AvgIpc) is 2.73. The number of rotatable bonds is 5. The van der Waals surface area contributed by atoms with E-state index in [-0.39, 0.29) is 24.0 Å². The first-order chi connectivity index (χ1) is 14.4. The minimum Gasteiger partial charge on any atom is -0.371 e. The van der Waals surface area contributed by atoms with Gasteiger partial charge in [0.1, 0.15) is 0 Å². The Kier molecular flexibility index (Phi) is 8.12. The maximum absolute atomic E-state index is 12.8. The van der Waals surface area contributed by atoms with Crippen molar-refractivity contribution >= 4 is 40.8 Å². The van der Waals surface area contributed by atoms with Crippen LogP contribution in [-0.2, 0) is 4.79 Å². The topological polar surface area (TPSA) is 55.9 Å². The molecule has 8 heteroatoms. The van der Waals surface area contributed by atoms with Gasteiger partial charge < -0.3 is 20.0 Å². The largest absolute Gasteiger partial charge is 0.371 e. The van der Waals surface area contributed by atoms with Crippen LogP contribution in [0.4, 0.5) is 10.5 Å². The van der Waals surface area contributed by atoms with Gasteiger partial charge in [-0.15, -0.1) is 0 Å². The van der Waals surface area contributed by atoms with Crippen LogP contribution in [0.15, 0.2) is 18.2 Å². The fourth-order valence-electron chi connectivity index (χ4n) is 4.32. The van der Waals surface area contributed by atoms with E-state index in [0.717, 1.165) is 64.0 Å². The standard InChI is InChI=1S/C22H32Cl2N4O2/c1-3-4-21(29)28-11-7-19(8-12-28)26(2)22(30)25-18-5-9-27(10-6-18)20-14-16(23)13-17(24)15-20/h13-15,18-19H,3-12H2,1-2H3,(H,25,30). The summed E-state index contributed by atoms with van der Waals surface area (Å²) in [5, 5.41) is 4.46. The molecular formula is C22H32Cl2N4O2. The lowest BCUT2D eigenvalue weighted by molar-refractivity contribution is -0.132. The molecule has 0 bridgehead atoms. The number of nitrogens with one attached hydrogen (secondary N) is 1. The Morgan fingerprint density at radius 2 is 1.63 bits per heavy atom. The van der Waals surface area contributed by atoms with Crippen LogP contribution >= 0.6 is 23.2 Å². The highest BCUT2D eigenvalue weighted by Gasteiger charge is 2.29. The van der Waals surface area contributed by atoms with E-state index in [1.54, 1.807) is 6.07 Å². The first-order valence-corrected chi connectivity index (χ1v) is 11.6. The van der Waals surface area contributed by atoms with E-state index in [1.165, 1.54) is 0 Å². The molecule has 0 spiro atoms. The highest BCUT2D eigenvalue weighted by molar-refractivity contribution is 6.35. The van der Waals surface area contributed by atoms with E-state index >= 15 is 0 Å². The number of hydrogen-bond acceptors (Lipinski definition) is 3. The zero-order valence-electron chi connectivity index (χ0n) is 17.9. The fourth-order valence-corrected chi connectivity index (χ4v) is 4.84. The van der Waals surface area contributed by atoms with Gasteiger partial charge in [0.15, 0.2) is 0 Å². The molecule has 1 N–H and O–H groups in total. The van der Waals surface area contributed by atoms with Crippen LogP contribution < -0.4 is 10.2 Å². The zero-order valence-corrected chi connectivity index (χ0v) is 19.4. The van der Waals surface area contributed by atoms with Crippen molar-refractivity contribution in [1.82, 2.24) is 15.1 Å². The number of hydrogen-bond donors (Lipinski definition) is 1. The first-order valence-electron chi connectivity index (χ1n) is 10.9. The molecule has 0 radical (unpaired) electrons. The molecule has 2 aliphatic heterocycles. The number of carbonyl (C=O) groups excluding carboxylic acids is 2. The summed E-state index contributed by atoms with van der Waals surface area (Å²) in [6.45, 7) is 5.20. The Morgan fingerprint density at radius 3 is 2.20 bits per heavy atom. The van der Waals surface area contributed by atoms with Crippen molar-refractivity contribution in [2.45, 2.75) is 57.5 Å². The molecule has 3 rings (SSSR count). The van der Waals surface area contributed by atoms with Crippen LogP contribution in [0.3, 0.4) is 0 Å². The summed E-state index contributed by atoms with van der Waals surface area (Å²) in [6.07, 6.45) is 4.94. The van der Waals surface area contributed by atoms with E-state index in [0.29, 0.717) is 16.5 Å². The van der Waals surface area contributed by atoms with Gasteiger partial charge in [-0.2, -0.15) is 0 Å². The molecule has 2 heterocycles. The lowest BCUT2D eigenvalue weighted by atomic mass is 10.0. The summed E-state index contributed by atoms with van der Waals surface area (Å²) in [5.74, 6) is 0.232. The Bertz CT molecular complexity index is 724. The molecule has 0 aliphatic carbocycles. The van der Waals surface area contributed by atoms with Crippen molar-refractivity contribution in [3.8, 4) is 0 Å². The second kappa shape index (κ2) is 10.6. The third-order valence-corrected chi connectivity index (χ3v) is 6.62. The Morgan fingerprint density at radius 1 is 1.03 bits per heavy atom. The Hall–Kier alpha value is -1.66. The summed E-state index contributed by atoms with van der Waals surface area (Å²) in [7, 11) is 1.87. The minimum atomic E-state index is -0.0161. The molecule has 0 atom stereocenters. The van der Waals surface area contributed by atoms with Gasteiger partial charge in [0.05, 0.1) is 0 Å². The van der Waals surface area contributed by atoms with Gasteiger partial charge in [0, 0.05) is 67.5 Å². The fraction of sp³-hybridized carbons (Fsp3) is 0.636. The molecule has 0 aromatic heterocycles. The number of urea groups is 1. The number of amides is 3. The second-order valence-electron chi connectivity index (χ2n) is 8.31. The molecule has 166 valence electrons. The molecule has 3 amide bonds. The number of piperidine rings is 2. The predicted molar refractivity (Wildman–Crippen MR) is 123 cm³/mol. The summed E-state index contributed by atoms with van der Waals surface area (Å²) >= 11 is 12.2. The number of anilines is 1. The Labute approximate surface area is 189 Å². The monoisotopic (exact) mass is 454 g/mol. The Balaban J connectivity index is 1.44. The van der Waals surface area contributed by atoms with Gasteiger partial charge in [-0.05, 0) is 50.3 Å². The molecule has 2 saturated heterocycles. The van der Waals surface area contributed by atoms with Crippen LogP contribution in [0.2, 0.25) is 10.0 Å². The van der Waals surface area contributed by atoms with Crippen molar-refractivity contribution in [2.24, 2.45) is 0 Å². The summed E-state index contributed by atoms with van der Waals surface area (Å²) < 4.78 is 0. The highest BCUT2D eigenvalue weighted by Crippen LogP contribution is 2.27. The molecule has 0 unspecified atom stereocenters. The number of likely N-dealkylation sites (tertiary alicyclic amines) is 1. The number of carbonyl (C=O) groups is 2. The molecule has 6 nitrogen and oxygen atoms in total. The maximum atomic E-state index is 12.8. The summed E-state index contributed by atoms with van der Waals surface area (Å²) in [5.41, 5.74) is 1.03. The van der Waals surface area contributed by atoms with Gasteiger partial charge in [-0.3, -0.25) is 4.79 Å². The van der Waals surface area contributed by atoms with E-state index in [4.69, 9.17) is 23.2 Å². The van der Waals surface area contributed by atoms with Gasteiger partial charge >= 0.3 is 6.03 Å². The summed E-state index contributed by atoms with van der Waals surface area (Å²) in [6, 6.07) is 5.92. The molecule has 1 aromatic carbocycles. The van der Waals surface area contributed by atoms with Gasteiger partial charge in [0.25, 0.3) is 0 Å². The first kappa shape index (κ1) is 23.0. The maximum Gasteiger partial charge on any atom is 0.317 e. The van der Waals surface area contributed by atoms with Gasteiger partial charge in [0.2, 0.25) is 5.91 Å². The average molecular weight is 455 g/mol. The van der Waals surface area contributed by atoms with E-state index in [1.807, 2.05) is 35.9 Å². The van der Waals surface area contributed by atoms with Gasteiger partial charge in [-0.25, -0.2) is 4.79 Å². The predicted octanol–water partition coefficient (Wildman–Crippen LogP) is 4.39. The van der Waals surface area contributed by atoms with Crippen molar-refractivity contribution in [1.29, 1.82) is 0 Å². The van der Waals surface area contributed by atoms with E-state index in [2.05, 4.69) is 10.2 Å². The quantitative estimate of drug-likeness (QED) is 0.717. The van der Waals surface area contributed by atoms with Crippen LogP contribution in [0.1, 0.15) is 45.4 Å². The highest BCUT2D eigenvalue weighted by atomic mass is 35.5. The zero-order chi connectivity index (χ0) is 21.7. The lowest BCUT2D eigenvalue weighted by Gasteiger charge is -2.38. The van der Waals surface area contributed by atoms with E-state index in [9.17, 15) is 9.59 Å². The van der Waals surface area contributed by atoms with Crippen molar-refractivity contribution in [3.05, 3.63) is 28.2 Å². The molecule has 0 saturated carbocycles. The molecule has 30 heavy (non-hydrogen) atoms. The SMILES string of the molecule is CCCC(=O)N1CCC(N(C)C(=O)NC2CCN(c3cc(Cl)cc(Cl)c3)CC2)CC1. The van der Waals surface area contributed by atoms with Crippen LogP contribution in [0.25, 0.3) is 0 Å². The molecule has 2 fully saturated rings. The molecule has 1 aromatic rings. The number of nitrogens with zero attached hydrogens (tertiary/aromatic N) is 3. The van der Waals surface area contributed by atoms with Crippen molar-refractivity contribution in [3.63, 3.8) is 0 Å². The summed E-state index contributed by atoms with van der Waals surface area (Å²) in [4.78, 5) is 30.8. The third kappa shape index (κ3) is 5.94. The second-order valence-corrected chi connectivity index (χ2v) is 9.18. The van der Waals surface area contributed by atoms with Crippen LogP contribution in [0, 0.1) is 0 Å². The van der Waals surface area contributed by atoms with E-state index < -0.39 is 0 Å². The third-order valence-electron chi connectivity index (χ3n) is 6.18. The molecular weight excluding hydrogens is 423 g/mol. The number of benzene rings is 1. The smallest absolute Gasteiger partial charge is 0.317 e. The molecule has 2 aliphatic rings. The van der Waals surface area contributed by atoms with Gasteiger partial charge in [-0.1, -0.05) is 30.1 Å². The van der Waals surface area contributed by atoms with Crippen molar-refractivity contribution in [2.75, 3.05) is 38.1 Å². The normalized spacial score (nSPS) is 18.4. The number of halogens is 2.